The first-order valence-electron chi connectivity index (χ1n) is 15.4. The maximum atomic E-state index is 12.5. The summed E-state index contributed by atoms with van der Waals surface area (Å²) in [6, 6.07) is 17.2. The van der Waals surface area contributed by atoms with Crippen molar-refractivity contribution in [2.24, 2.45) is 0 Å². The van der Waals surface area contributed by atoms with Crippen LogP contribution in [0.3, 0.4) is 0 Å². The number of rotatable bonds is 9. The fourth-order valence-electron chi connectivity index (χ4n) is 5.43. The number of hydrogen-bond acceptors (Lipinski definition) is 10. The second-order valence-electron chi connectivity index (χ2n) is 12.5. The van der Waals surface area contributed by atoms with Crippen LogP contribution in [-0.2, 0) is 20.8 Å². The van der Waals surface area contributed by atoms with E-state index in [1.54, 1.807) is 17.0 Å². The number of fused-ring (bicyclic) bond motifs is 1. The lowest BCUT2D eigenvalue weighted by molar-refractivity contribution is -0.118. The van der Waals surface area contributed by atoms with E-state index in [0.29, 0.717) is 68.8 Å². The molecule has 0 unspecified atom stereocenters. The van der Waals surface area contributed by atoms with Crippen LogP contribution in [0.4, 0.5) is 21.2 Å². The van der Waals surface area contributed by atoms with Gasteiger partial charge >= 0.3 is 12.2 Å². The SMILES string of the molecule is CC(C)(C)OC(=O)N1CC[C@@H](Oc2cccc(-c3cccc(CNCC[C@H]4CN(c5ccc6c(n5)NC(=O)CO6)C(=O)O4)c3)n2)C1. The van der Waals surface area contributed by atoms with Gasteiger partial charge in [0.25, 0.3) is 5.91 Å². The third-order valence-electron chi connectivity index (χ3n) is 7.61. The van der Waals surface area contributed by atoms with Crippen molar-refractivity contribution in [3.05, 3.63) is 60.2 Å². The van der Waals surface area contributed by atoms with Crippen LogP contribution in [0, 0.1) is 0 Å². The highest BCUT2D eigenvalue weighted by Crippen LogP contribution is 2.30. The molecule has 0 bridgehead atoms. The first-order valence-corrected chi connectivity index (χ1v) is 15.4. The number of carbonyl (C=O) groups excluding carboxylic acids is 3. The van der Waals surface area contributed by atoms with Gasteiger partial charge in [-0.3, -0.25) is 9.69 Å². The van der Waals surface area contributed by atoms with E-state index in [2.05, 4.69) is 21.7 Å². The zero-order valence-electron chi connectivity index (χ0n) is 26.2. The van der Waals surface area contributed by atoms with Gasteiger partial charge in [0.15, 0.2) is 18.2 Å². The largest absolute Gasteiger partial charge is 0.480 e. The molecule has 2 fully saturated rings. The highest BCUT2D eigenvalue weighted by molar-refractivity contribution is 5.95. The van der Waals surface area contributed by atoms with Crippen LogP contribution in [0.15, 0.2) is 54.6 Å². The minimum absolute atomic E-state index is 0.0580. The second kappa shape index (κ2) is 13.2. The predicted octanol–water partition coefficient (Wildman–Crippen LogP) is 4.37. The molecule has 3 aromatic rings. The number of nitrogens with zero attached hydrogens (tertiary/aromatic N) is 4. The van der Waals surface area contributed by atoms with E-state index >= 15 is 0 Å². The van der Waals surface area contributed by atoms with E-state index < -0.39 is 11.7 Å². The van der Waals surface area contributed by atoms with Crippen LogP contribution in [0.25, 0.3) is 11.3 Å². The molecular formula is C33H38N6O7. The molecule has 5 heterocycles. The standard InChI is InChI=1S/C33H38N6O7/c1-33(2,3)46-31(41)38-15-13-24(18-38)44-29-9-5-8-25(35-29)22-7-4-6-21(16-22)17-34-14-12-23-19-39(32(42)45-23)27-11-10-26-30(36-27)37-28(40)20-43-26/h4-11,16,23-24,34H,12-15,17-20H2,1-3H3,(H,36,37,40)/t23-,24+/m0/s1. The molecule has 0 saturated carbocycles. The second-order valence-corrected chi connectivity index (χ2v) is 12.5. The Hall–Kier alpha value is -4.91. The Bertz CT molecular complexity index is 1610. The molecule has 2 atom stereocenters. The number of likely N-dealkylation sites (tertiary alicyclic amines) is 1. The van der Waals surface area contributed by atoms with E-state index in [9.17, 15) is 14.4 Å². The van der Waals surface area contributed by atoms with E-state index in [1.165, 1.54) is 4.90 Å². The first-order chi connectivity index (χ1) is 22.1. The summed E-state index contributed by atoms with van der Waals surface area (Å²) in [7, 11) is 0. The van der Waals surface area contributed by atoms with Crippen molar-refractivity contribution in [1.82, 2.24) is 20.2 Å². The molecule has 1 aromatic carbocycles. The summed E-state index contributed by atoms with van der Waals surface area (Å²) in [5.41, 5.74) is 2.30. The Balaban J connectivity index is 0.976. The molecule has 2 saturated heterocycles. The summed E-state index contributed by atoms with van der Waals surface area (Å²) in [6.45, 7) is 8.18. The maximum Gasteiger partial charge on any atom is 0.415 e. The highest BCUT2D eigenvalue weighted by atomic mass is 16.6. The molecule has 242 valence electrons. The number of aromatic nitrogens is 2. The number of amides is 3. The predicted molar refractivity (Wildman–Crippen MR) is 169 cm³/mol. The topological polar surface area (TPSA) is 144 Å². The number of ether oxygens (including phenoxy) is 4. The Morgan fingerprint density at radius 3 is 2.78 bits per heavy atom. The maximum absolute atomic E-state index is 12.5. The van der Waals surface area contributed by atoms with Gasteiger partial charge in [0, 0.05) is 31.1 Å². The van der Waals surface area contributed by atoms with Crippen LogP contribution >= 0.6 is 0 Å². The van der Waals surface area contributed by atoms with Crippen molar-refractivity contribution in [3.8, 4) is 22.9 Å². The Morgan fingerprint density at radius 2 is 1.93 bits per heavy atom. The van der Waals surface area contributed by atoms with Gasteiger partial charge in [0.1, 0.15) is 23.6 Å². The summed E-state index contributed by atoms with van der Waals surface area (Å²) in [5, 5.41) is 6.09. The number of carbonyl (C=O) groups is 3. The third kappa shape index (κ3) is 7.65. The highest BCUT2D eigenvalue weighted by Gasteiger charge is 2.34. The smallest absolute Gasteiger partial charge is 0.415 e. The number of hydrogen-bond donors (Lipinski definition) is 2. The van der Waals surface area contributed by atoms with Gasteiger partial charge in [-0.1, -0.05) is 24.3 Å². The van der Waals surface area contributed by atoms with Crippen LogP contribution in [0.1, 0.15) is 39.2 Å². The molecule has 3 aliphatic rings. The number of cyclic esters (lactones) is 1. The fourth-order valence-corrected chi connectivity index (χ4v) is 5.43. The van der Waals surface area contributed by atoms with E-state index in [1.807, 2.05) is 57.2 Å². The third-order valence-corrected chi connectivity index (χ3v) is 7.61. The molecule has 3 amide bonds. The van der Waals surface area contributed by atoms with Crippen LogP contribution < -0.4 is 25.0 Å². The lowest BCUT2D eigenvalue weighted by Crippen LogP contribution is -2.36. The quantitative estimate of drug-likeness (QED) is 0.327. The molecule has 6 rings (SSSR count). The van der Waals surface area contributed by atoms with Gasteiger partial charge < -0.3 is 34.5 Å². The summed E-state index contributed by atoms with van der Waals surface area (Å²) < 4.78 is 22.5. The van der Waals surface area contributed by atoms with E-state index in [0.717, 1.165) is 16.8 Å². The Labute approximate surface area is 267 Å². The van der Waals surface area contributed by atoms with Gasteiger partial charge in [-0.25, -0.2) is 19.6 Å². The van der Waals surface area contributed by atoms with Crippen molar-refractivity contribution in [1.29, 1.82) is 0 Å². The summed E-state index contributed by atoms with van der Waals surface area (Å²) >= 11 is 0. The lowest BCUT2D eigenvalue weighted by Gasteiger charge is -2.24. The molecule has 13 nitrogen and oxygen atoms in total. The van der Waals surface area contributed by atoms with Crippen LogP contribution in [-0.4, -0.2) is 83.6 Å². The van der Waals surface area contributed by atoms with E-state index in [4.69, 9.17) is 23.9 Å². The van der Waals surface area contributed by atoms with Gasteiger partial charge in [-0.15, -0.1) is 0 Å². The Kier molecular flexibility index (Phi) is 8.93. The minimum Gasteiger partial charge on any atom is -0.480 e. The number of nitrogens with one attached hydrogen (secondary N) is 2. The molecule has 46 heavy (non-hydrogen) atoms. The van der Waals surface area contributed by atoms with Crippen molar-refractivity contribution in [2.45, 2.75) is 58.0 Å². The molecule has 2 N–H and O–H groups in total. The molecule has 2 aromatic heterocycles. The van der Waals surface area contributed by atoms with Gasteiger partial charge in [-0.2, -0.15) is 0 Å². The summed E-state index contributed by atoms with van der Waals surface area (Å²) in [4.78, 5) is 48.8. The normalized spacial score (nSPS) is 19.3. The van der Waals surface area contributed by atoms with Gasteiger partial charge in [-0.05, 0) is 63.6 Å². The summed E-state index contributed by atoms with van der Waals surface area (Å²) in [6.07, 6.45) is 0.0967. The Morgan fingerprint density at radius 1 is 1.09 bits per heavy atom. The average molecular weight is 631 g/mol. The average Bonchev–Trinajstić information content (AvgIpc) is 3.65. The molecule has 0 spiro atoms. The van der Waals surface area contributed by atoms with Gasteiger partial charge in [0.05, 0.1) is 18.8 Å². The van der Waals surface area contributed by atoms with Crippen molar-refractivity contribution in [3.63, 3.8) is 0 Å². The minimum atomic E-state index is -0.539. The van der Waals surface area contributed by atoms with Crippen LogP contribution in [0.5, 0.6) is 11.6 Å². The van der Waals surface area contributed by atoms with Crippen molar-refractivity contribution in [2.75, 3.05) is 43.0 Å². The van der Waals surface area contributed by atoms with Crippen LogP contribution in [0.2, 0.25) is 0 Å². The molecule has 0 aliphatic carbocycles. The summed E-state index contributed by atoms with van der Waals surface area (Å²) in [5.74, 6) is 1.39. The van der Waals surface area contributed by atoms with Crippen molar-refractivity contribution >= 4 is 29.7 Å². The zero-order chi connectivity index (χ0) is 32.3. The van der Waals surface area contributed by atoms with E-state index in [-0.39, 0.29) is 30.8 Å². The monoisotopic (exact) mass is 630 g/mol. The molecule has 3 aliphatic heterocycles. The molecule has 13 heteroatoms. The number of pyridine rings is 2. The molecule has 0 radical (unpaired) electrons. The fraction of sp³-hybridized carbons (Fsp3) is 0.424. The number of benzene rings is 1. The number of anilines is 2. The lowest BCUT2D eigenvalue weighted by atomic mass is 10.1. The molecular weight excluding hydrogens is 592 g/mol. The first kappa shape index (κ1) is 31.1. The van der Waals surface area contributed by atoms with Crippen molar-refractivity contribution < 1.29 is 33.3 Å². The zero-order valence-corrected chi connectivity index (χ0v) is 26.2. The van der Waals surface area contributed by atoms with Gasteiger partial charge in [0.2, 0.25) is 5.88 Å².